The fraction of sp³-hybridized carbons (Fsp3) is 1.00. The summed E-state index contributed by atoms with van der Waals surface area (Å²) in [6.07, 6.45) is 17.9. The van der Waals surface area contributed by atoms with Gasteiger partial charge in [-0.15, -0.1) is 0 Å². The summed E-state index contributed by atoms with van der Waals surface area (Å²) in [6, 6.07) is 0.726. The van der Waals surface area contributed by atoms with Gasteiger partial charge in [-0.3, -0.25) is 4.90 Å². The van der Waals surface area contributed by atoms with Crippen molar-refractivity contribution in [3.63, 3.8) is 0 Å². The first-order chi connectivity index (χ1) is 14.3. The second kappa shape index (κ2) is 7.74. The zero-order valence-corrected chi connectivity index (χ0v) is 18.0. The van der Waals surface area contributed by atoms with Gasteiger partial charge in [-0.2, -0.15) is 0 Å². The van der Waals surface area contributed by atoms with Crippen molar-refractivity contribution >= 4 is 0 Å². The lowest BCUT2D eigenvalue weighted by molar-refractivity contribution is -0.120. The van der Waals surface area contributed by atoms with Crippen LogP contribution in [-0.4, -0.2) is 73.9 Å². The maximum atomic E-state index is 5.91. The van der Waals surface area contributed by atoms with Gasteiger partial charge < -0.3 is 18.9 Å². The van der Waals surface area contributed by atoms with Crippen LogP contribution in [0.25, 0.3) is 0 Å². The first kappa shape index (κ1) is 19.5. The van der Waals surface area contributed by atoms with E-state index in [9.17, 15) is 0 Å². The Kier molecular flexibility index (Phi) is 5.20. The lowest BCUT2D eigenvalue weighted by atomic mass is 9.54. The van der Waals surface area contributed by atoms with E-state index in [1.165, 1.54) is 77.0 Å². The molecular weight excluding hydrogens is 366 g/mol. The van der Waals surface area contributed by atoms with Crippen molar-refractivity contribution in [3.8, 4) is 0 Å². The standard InChI is InChI=1S/C24H39NO4/c1-2-6-18(7-3-1)25(13-22-17-29-22)24(12-21-16-28-21)9-5-4-8-23(24,10-19-14-26-19)11-20-15-27-20/h18-22H,1-17H2. The summed E-state index contributed by atoms with van der Waals surface area (Å²) in [4.78, 5) is 3.02. The molecule has 6 fully saturated rings. The molecule has 0 amide bonds. The van der Waals surface area contributed by atoms with E-state index in [1.54, 1.807) is 0 Å². The topological polar surface area (TPSA) is 53.4 Å². The fourth-order valence-corrected chi connectivity index (χ4v) is 7.19. The molecule has 29 heavy (non-hydrogen) atoms. The summed E-state index contributed by atoms with van der Waals surface area (Å²) >= 11 is 0. The monoisotopic (exact) mass is 405 g/mol. The first-order valence-corrected chi connectivity index (χ1v) is 12.5. The number of hydrogen-bond donors (Lipinski definition) is 0. The molecule has 0 N–H and O–H groups in total. The third-order valence-electron chi connectivity index (χ3n) is 8.86. The number of epoxide rings is 4. The third-order valence-corrected chi connectivity index (χ3v) is 8.86. The van der Waals surface area contributed by atoms with Gasteiger partial charge in [-0.05, 0) is 50.4 Å². The molecule has 5 atom stereocenters. The van der Waals surface area contributed by atoms with Crippen molar-refractivity contribution < 1.29 is 18.9 Å². The van der Waals surface area contributed by atoms with E-state index in [1.807, 2.05) is 0 Å². The van der Waals surface area contributed by atoms with Crippen LogP contribution < -0.4 is 0 Å². The van der Waals surface area contributed by atoms with Crippen LogP contribution in [0.1, 0.15) is 77.0 Å². The van der Waals surface area contributed by atoms with Crippen molar-refractivity contribution in [1.29, 1.82) is 0 Å². The molecule has 5 unspecified atom stereocenters. The minimum absolute atomic E-state index is 0.234. The molecule has 2 saturated carbocycles. The van der Waals surface area contributed by atoms with Gasteiger partial charge in [0, 0.05) is 18.1 Å². The first-order valence-electron chi connectivity index (χ1n) is 12.5. The molecule has 0 bridgehead atoms. The van der Waals surface area contributed by atoms with Gasteiger partial charge in [0.15, 0.2) is 0 Å². The Balaban J connectivity index is 1.39. The molecular formula is C24H39NO4. The van der Waals surface area contributed by atoms with Crippen molar-refractivity contribution in [2.24, 2.45) is 5.41 Å². The van der Waals surface area contributed by atoms with Gasteiger partial charge >= 0.3 is 0 Å². The molecule has 5 heteroatoms. The molecule has 4 saturated heterocycles. The van der Waals surface area contributed by atoms with Crippen LogP contribution in [-0.2, 0) is 18.9 Å². The summed E-state index contributed by atoms with van der Waals surface area (Å²) in [5, 5.41) is 0. The Morgan fingerprint density at radius 1 is 0.621 bits per heavy atom. The number of rotatable bonds is 10. The van der Waals surface area contributed by atoms with E-state index in [-0.39, 0.29) is 5.54 Å². The molecule has 6 rings (SSSR count). The molecule has 5 nitrogen and oxygen atoms in total. The average Bonchev–Trinajstić information content (AvgIpc) is 3.52. The summed E-state index contributed by atoms with van der Waals surface area (Å²) in [5.74, 6) is 0. The predicted molar refractivity (Wildman–Crippen MR) is 110 cm³/mol. The van der Waals surface area contributed by atoms with Crippen molar-refractivity contribution in [2.75, 3.05) is 33.0 Å². The molecule has 0 radical (unpaired) electrons. The van der Waals surface area contributed by atoms with Crippen LogP contribution in [0, 0.1) is 5.41 Å². The van der Waals surface area contributed by atoms with Gasteiger partial charge in [0.25, 0.3) is 0 Å². The summed E-state index contributed by atoms with van der Waals surface area (Å²) < 4.78 is 23.4. The molecule has 2 aliphatic carbocycles. The van der Waals surface area contributed by atoms with E-state index in [0.29, 0.717) is 29.8 Å². The normalized spacial score (nSPS) is 46.7. The molecule has 4 heterocycles. The lowest BCUT2D eigenvalue weighted by Crippen LogP contribution is -2.66. The van der Waals surface area contributed by atoms with Crippen molar-refractivity contribution in [2.45, 2.75) is 113 Å². The van der Waals surface area contributed by atoms with Gasteiger partial charge in [0.1, 0.15) is 0 Å². The number of ether oxygens (including phenoxy) is 4. The molecule has 0 spiro atoms. The zero-order chi connectivity index (χ0) is 19.3. The van der Waals surface area contributed by atoms with Gasteiger partial charge in [-0.25, -0.2) is 0 Å². The van der Waals surface area contributed by atoms with E-state index in [0.717, 1.165) is 39.0 Å². The Morgan fingerprint density at radius 3 is 1.76 bits per heavy atom. The number of nitrogens with zero attached hydrogens (tertiary/aromatic N) is 1. The Morgan fingerprint density at radius 2 is 1.17 bits per heavy atom. The Labute approximate surface area is 175 Å². The highest BCUT2D eigenvalue weighted by atomic mass is 16.6. The number of hydrogen-bond acceptors (Lipinski definition) is 5. The molecule has 0 aromatic carbocycles. The van der Waals surface area contributed by atoms with Crippen LogP contribution in [0.2, 0.25) is 0 Å². The van der Waals surface area contributed by atoms with E-state index < -0.39 is 0 Å². The molecule has 0 aromatic heterocycles. The van der Waals surface area contributed by atoms with Gasteiger partial charge in [-0.1, -0.05) is 32.1 Å². The van der Waals surface area contributed by atoms with Gasteiger partial charge in [0.05, 0.1) is 50.8 Å². The lowest BCUT2D eigenvalue weighted by Gasteiger charge is -2.62. The molecule has 0 aromatic rings. The Hall–Kier alpha value is -0.200. The third kappa shape index (κ3) is 4.15. The molecule has 164 valence electrons. The van der Waals surface area contributed by atoms with E-state index >= 15 is 0 Å². The van der Waals surface area contributed by atoms with Crippen molar-refractivity contribution in [1.82, 2.24) is 4.90 Å². The summed E-state index contributed by atoms with van der Waals surface area (Å²) in [7, 11) is 0. The van der Waals surface area contributed by atoms with Crippen LogP contribution in [0.15, 0.2) is 0 Å². The quantitative estimate of drug-likeness (QED) is 0.519. The molecule has 4 aliphatic heterocycles. The SMILES string of the molecule is C1CCC(N(CC2CO2)C2(CC3CO3)CCCCC2(CC2CO2)CC2CO2)CC1. The zero-order valence-electron chi connectivity index (χ0n) is 18.0. The summed E-state index contributed by atoms with van der Waals surface area (Å²) in [6.45, 7) is 5.01. The van der Waals surface area contributed by atoms with Crippen LogP contribution in [0.4, 0.5) is 0 Å². The maximum absolute atomic E-state index is 5.91. The smallest absolute Gasteiger partial charge is 0.0936 e. The largest absolute Gasteiger partial charge is 0.373 e. The average molecular weight is 406 g/mol. The maximum Gasteiger partial charge on any atom is 0.0936 e. The summed E-state index contributed by atoms with van der Waals surface area (Å²) in [5.41, 5.74) is 0.546. The second-order valence-electron chi connectivity index (χ2n) is 10.9. The highest BCUT2D eigenvalue weighted by Gasteiger charge is 2.61. The van der Waals surface area contributed by atoms with Gasteiger partial charge in [0.2, 0.25) is 0 Å². The highest BCUT2D eigenvalue weighted by molar-refractivity contribution is 5.14. The van der Waals surface area contributed by atoms with Crippen LogP contribution in [0.3, 0.4) is 0 Å². The predicted octanol–water partition coefficient (Wildman–Crippen LogP) is 3.69. The highest BCUT2D eigenvalue weighted by Crippen LogP contribution is 2.59. The van der Waals surface area contributed by atoms with Crippen LogP contribution >= 0.6 is 0 Å². The van der Waals surface area contributed by atoms with E-state index in [2.05, 4.69) is 4.90 Å². The second-order valence-corrected chi connectivity index (χ2v) is 10.9. The minimum Gasteiger partial charge on any atom is -0.373 e. The van der Waals surface area contributed by atoms with Crippen molar-refractivity contribution in [3.05, 3.63) is 0 Å². The minimum atomic E-state index is 0.234. The molecule has 6 aliphatic rings. The fourth-order valence-electron chi connectivity index (χ4n) is 7.19. The van der Waals surface area contributed by atoms with E-state index in [4.69, 9.17) is 18.9 Å². The Bertz CT molecular complexity index is 563. The van der Waals surface area contributed by atoms with Crippen LogP contribution in [0.5, 0.6) is 0 Å².